The average molecular weight is 369 g/mol. The minimum absolute atomic E-state index is 0.120. The zero-order chi connectivity index (χ0) is 18.7. The highest BCUT2D eigenvalue weighted by molar-refractivity contribution is 5.77. The molecule has 0 amide bonds. The number of rotatable bonds is 7. The fourth-order valence-corrected chi connectivity index (χ4v) is 3.58. The Morgan fingerprint density at radius 3 is 2.65 bits per heavy atom. The van der Waals surface area contributed by atoms with Gasteiger partial charge in [0.05, 0.1) is 16.6 Å². The quantitative estimate of drug-likeness (QED) is 0.712. The summed E-state index contributed by atoms with van der Waals surface area (Å²) < 4.78 is 46.9. The summed E-state index contributed by atoms with van der Waals surface area (Å²) in [7, 11) is 0. The molecule has 0 aliphatic carbocycles. The highest BCUT2D eigenvalue weighted by Gasteiger charge is 2.32. The summed E-state index contributed by atoms with van der Waals surface area (Å²) in [5.41, 5.74) is 0.493. The SMILES string of the molecule is CCN(CC)CCCn1c(C2CCCO2)nc2cc(C(F)(F)F)ccc21. The Morgan fingerprint density at radius 2 is 2.04 bits per heavy atom. The summed E-state index contributed by atoms with van der Waals surface area (Å²) >= 11 is 0. The predicted molar refractivity (Wildman–Crippen MR) is 95.1 cm³/mol. The number of halogens is 3. The second kappa shape index (κ2) is 7.96. The van der Waals surface area contributed by atoms with Crippen molar-refractivity contribution in [3.63, 3.8) is 0 Å². The molecule has 0 spiro atoms. The molecule has 1 aromatic heterocycles. The van der Waals surface area contributed by atoms with E-state index in [4.69, 9.17) is 4.74 Å². The van der Waals surface area contributed by atoms with Crippen LogP contribution in [0.5, 0.6) is 0 Å². The van der Waals surface area contributed by atoms with Gasteiger partial charge in [-0.1, -0.05) is 13.8 Å². The fraction of sp³-hybridized carbons (Fsp3) is 0.632. The summed E-state index contributed by atoms with van der Waals surface area (Å²) in [6.07, 6.45) is -1.73. The highest BCUT2D eigenvalue weighted by Crippen LogP contribution is 2.34. The van der Waals surface area contributed by atoms with Gasteiger partial charge < -0.3 is 14.2 Å². The summed E-state index contributed by atoms with van der Waals surface area (Å²) in [4.78, 5) is 6.87. The van der Waals surface area contributed by atoms with Crippen LogP contribution in [-0.2, 0) is 17.5 Å². The first-order valence-corrected chi connectivity index (χ1v) is 9.35. The number of benzene rings is 1. The zero-order valence-corrected chi connectivity index (χ0v) is 15.4. The highest BCUT2D eigenvalue weighted by atomic mass is 19.4. The van der Waals surface area contributed by atoms with Crippen LogP contribution in [0.15, 0.2) is 18.2 Å². The Bertz CT molecular complexity index is 731. The molecule has 1 atom stereocenters. The third-order valence-corrected chi connectivity index (χ3v) is 5.07. The smallest absolute Gasteiger partial charge is 0.370 e. The molecular formula is C19H26F3N3O. The molecule has 0 N–H and O–H groups in total. The molecule has 4 nitrogen and oxygen atoms in total. The molecule has 0 bridgehead atoms. The van der Waals surface area contributed by atoms with Gasteiger partial charge in [-0.25, -0.2) is 4.98 Å². The molecule has 1 unspecified atom stereocenters. The second-order valence-electron chi connectivity index (χ2n) is 6.70. The van der Waals surface area contributed by atoms with E-state index in [-0.39, 0.29) is 6.10 Å². The van der Waals surface area contributed by atoms with Crippen LogP contribution < -0.4 is 0 Å². The predicted octanol–water partition coefficient (Wildman–Crippen LogP) is 4.64. The van der Waals surface area contributed by atoms with Crippen LogP contribution in [0.1, 0.15) is 50.6 Å². The summed E-state index contributed by atoms with van der Waals surface area (Å²) in [5.74, 6) is 0.761. The van der Waals surface area contributed by atoms with Gasteiger partial charge in [-0.2, -0.15) is 13.2 Å². The van der Waals surface area contributed by atoms with E-state index in [1.165, 1.54) is 0 Å². The minimum atomic E-state index is -4.36. The molecule has 144 valence electrons. The third kappa shape index (κ3) is 4.04. The molecule has 7 heteroatoms. The van der Waals surface area contributed by atoms with Gasteiger partial charge in [0.25, 0.3) is 0 Å². The van der Waals surface area contributed by atoms with Gasteiger partial charge in [0.15, 0.2) is 0 Å². The topological polar surface area (TPSA) is 30.3 Å². The van der Waals surface area contributed by atoms with Crippen LogP contribution in [0.2, 0.25) is 0 Å². The lowest BCUT2D eigenvalue weighted by Gasteiger charge is -2.19. The molecule has 0 radical (unpaired) electrons. The van der Waals surface area contributed by atoms with Crippen molar-refractivity contribution in [1.29, 1.82) is 0 Å². The Balaban J connectivity index is 1.91. The number of alkyl halides is 3. The summed E-state index contributed by atoms with van der Waals surface area (Å²) in [5, 5.41) is 0. The van der Waals surface area contributed by atoms with Crippen molar-refractivity contribution in [3.05, 3.63) is 29.6 Å². The van der Waals surface area contributed by atoms with E-state index in [9.17, 15) is 13.2 Å². The van der Waals surface area contributed by atoms with E-state index in [1.807, 2.05) is 0 Å². The number of nitrogens with zero attached hydrogens (tertiary/aromatic N) is 3. The van der Waals surface area contributed by atoms with Gasteiger partial charge in [0.1, 0.15) is 11.9 Å². The van der Waals surface area contributed by atoms with Crippen LogP contribution in [-0.4, -0.2) is 40.7 Å². The second-order valence-corrected chi connectivity index (χ2v) is 6.70. The van der Waals surface area contributed by atoms with Crippen molar-refractivity contribution in [1.82, 2.24) is 14.5 Å². The number of hydrogen-bond acceptors (Lipinski definition) is 3. The lowest BCUT2D eigenvalue weighted by atomic mass is 10.2. The molecule has 2 aromatic rings. The first kappa shape index (κ1) is 19.2. The molecule has 0 saturated carbocycles. The van der Waals surface area contributed by atoms with Crippen LogP contribution in [0.4, 0.5) is 13.2 Å². The lowest BCUT2D eigenvalue weighted by molar-refractivity contribution is -0.137. The maximum atomic E-state index is 13.0. The molecular weight excluding hydrogens is 343 g/mol. The molecule has 3 rings (SSSR count). The fourth-order valence-electron chi connectivity index (χ4n) is 3.58. The van der Waals surface area contributed by atoms with Crippen LogP contribution in [0.25, 0.3) is 11.0 Å². The van der Waals surface area contributed by atoms with Crippen molar-refractivity contribution in [2.24, 2.45) is 0 Å². The van der Waals surface area contributed by atoms with Gasteiger partial charge in [-0.05, 0) is 57.1 Å². The van der Waals surface area contributed by atoms with Gasteiger partial charge in [-0.3, -0.25) is 0 Å². The van der Waals surface area contributed by atoms with E-state index in [0.29, 0.717) is 12.1 Å². The molecule has 1 saturated heterocycles. The van der Waals surface area contributed by atoms with Crippen molar-refractivity contribution in [3.8, 4) is 0 Å². The number of imidazole rings is 1. The molecule has 1 fully saturated rings. The number of aromatic nitrogens is 2. The van der Waals surface area contributed by atoms with Gasteiger partial charge >= 0.3 is 6.18 Å². The maximum absolute atomic E-state index is 13.0. The van der Waals surface area contributed by atoms with Crippen molar-refractivity contribution < 1.29 is 17.9 Å². The largest absolute Gasteiger partial charge is 0.416 e. The van der Waals surface area contributed by atoms with Crippen molar-refractivity contribution >= 4 is 11.0 Å². The first-order valence-electron chi connectivity index (χ1n) is 9.35. The minimum Gasteiger partial charge on any atom is -0.370 e. The number of ether oxygens (including phenoxy) is 1. The maximum Gasteiger partial charge on any atom is 0.416 e. The van der Waals surface area contributed by atoms with E-state index in [1.54, 1.807) is 6.07 Å². The van der Waals surface area contributed by atoms with Crippen LogP contribution in [0.3, 0.4) is 0 Å². The lowest BCUT2D eigenvalue weighted by Crippen LogP contribution is -2.25. The molecule has 1 aromatic carbocycles. The molecule has 1 aliphatic rings. The van der Waals surface area contributed by atoms with Crippen LogP contribution >= 0.6 is 0 Å². The van der Waals surface area contributed by atoms with Crippen molar-refractivity contribution in [2.75, 3.05) is 26.2 Å². The van der Waals surface area contributed by atoms with Gasteiger partial charge in [-0.15, -0.1) is 0 Å². The molecule has 26 heavy (non-hydrogen) atoms. The van der Waals surface area contributed by atoms with Crippen LogP contribution in [0, 0.1) is 0 Å². The monoisotopic (exact) mass is 369 g/mol. The average Bonchev–Trinajstić information content (AvgIpc) is 3.25. The van der Waals surface area contributed by atoms with Gasteiger partial charge in [0, 0.05) is 13.2 Å². The Kier molecular flexibility index (Phi) is 5.87. The Hall–Kier alpha value is -1.60. The number of fused-ring (bicyclic) bond motifs is 1. The summed E-state index contributed by atoms with van der Waals surface area (Å²) in [6, 6.07) is 3.83. The standard InChI is InChI=1S/C19H26F3N3O/c1-3-24(4-2)10-6-11-25-16-9-8-14(19(20,21)22)13-15(16)23-18(25)17-7-5-12-26-17/h8-9,13,17H,3-7,10-12H2,1-2H3. The van der Waals surface area contributed by atoms with E-state index in [2.05, 4.69) is 28.3 Å². The Labute approximate surface area is 151 Å². The molecule has 2 heterocycles. The Morgan fingerprint density at radius 1 is 1.27 bits per heavy atom. The zero-order valence-electron chi connectivity index (χ0n) is 15.4. The normalized spacial score (nSPS) is 18.3. The van der Waals surface area contributed by atoms with Gasteiger partial charge in [0.2, 0.25) is 0 Å². The van der Waals surface area contributed by atoms with E-state index < -0.39 is 11.7 Å². The summed E-state index contributed by atoms with van der Waals surface area (Å²) in [6.45, 7) is 8.62. The van der Waals surface area contributed by atoms with E-state index >= 15 is 0 Å². The first-order chi connectivity index (χ1) is 12.4. The number of aryl methyl sites for hydroxylation is 1. The van der Waals surface area contributed by atoms with Crippen molar-refractivity contribution in [2.45, 2.75) is 51.9 Å². The number of hydrogen-bond donors (Lipinski definition) is 0. The third-order valence-electron chi connectivity index (χ3n) is 5.07. The van der Waals surface area contributed by atoms with E-state index in [0.717, 1.165) is 68.9 Å². The molecule has 1 aliphatic heterocycles.